The quantitative estimate of drug-likeness (QED) is 0.773. The van der Waals surface area contributed by atoms with E-state index in [1.54, 1.807) is 9.80 Å². The third-order valence-corrected chi connectivity index (χ3v) is 5.90. The molecule has 1 aromatic carbocycles. The average Bonchev–Trinajstić information content (AvgIpc) is 2.63. The van der Waals surface area contributed by atoms with Crippen molar-refractivity contribution in [2.24, 2.45) is 5.92 Å². The molecule has 0 aromatic heterocycles. The van der Waals surface area contributed by atoms with E-state index in [4.69, 9.17) is 0 Å². The van der Waals surface area contributed by atoms with Gasteiger partial charge in [0.1, 0.15) is 32.7 Å². The lowest BCUT2D eigenvalue weighted by molar-refractivity contribution is -1.03. The molecule has 4 nitrogen and oxygen atoms in total. The van der Waals surface area contributed by atoms with Crippen LogP contribution in [0.15, 0.2) is 30.3 Å². The fourth-order valence-electron chi connectivity index (χ4n) is 4.41. The van der Waals surface area contributed by atoms with E-state index in [2.05, 4.69) is 49.1 Å². The Morgan fingerprint density at radius 3 is 2.32 bits per heavy atom. The second-order valence-corrected chi connectivity index (χ2v) is 8.32. The number of rotatable bonds is 5. The fraction of sp³-hybridized carbons (Fsp3) is 0.667. The van der Waals surface area contributed by atoms with Gasteiger partial charge < -0.3 is 14.7 Å². The summed E-state index contributed by atoms with van der Waals surface area (Å²) in [7, 11) is 0. The first kappa shape index (κ1) is 18.4. The molecule has 138 valence electrons. The smallest absolute Gasteiger partial charge is 0.222 e. The topological polar surface area (TPSA) is 29.2 Å². The van der Waals surface area contributed by atoms with Crippen LogP contribution in [0, 0.1) is 5.92 Å². The molecule has 0 saturated carbocycles. The van der Waals surface area contributed by atoms with Crippen molar-refractivity contribution in [1.29, 1.82) is 0 Å². The van der Waals surface area contributed by atoms with Gasteiger partial charge in [-0.05, 0) is 5.92 Å². The number of piperazine rings is 1. The molecular formula is C21H35N3O+2. The van der Waals surface area contributed by atoms with E-state index in [0.717, 1.165) is 25.7 Å². The highest BCUT2D eigenvalue weighted by Crippen LogP contribution is 2.12. The summed E-state index contributed by atoms with van der Waals surface area (Å²) in [5.74, 6) is 0.831. The van der Waals surface area contributed by atoms with Gasteiger partial charge in [-0.2, -0.15) is 0 Å². The molecular weight excluding hydrogens is 310 g/mol. The number of piperidine rings is 1. The lowest BCUT2D eigenvalue weighted by Crippen LogP contribution is -3.29. The summed E-state index contributed by atoms with van der Waals surface area (Å²) in [4.78, 5) is 17.8. The molecule has 0 bridgehead atoms. The molecule has 2 aliphatic heterocycles. The van der Waals surface area contributed by atoms with E-state index in [0.29, 0.717) is 18.2 Å². The lowest BCUT2D eigenvalue weighted by Gasteiger charge is -2.39. The summed E-state index contributed by atoms with van der Waals surface area (Å²) in [6.45, 7) is 12.5. The number of nitrogens with one attached hydrogen (secondary N) is 2. The van der Waals surface area contributed by atoms with Crippen LogP contribution in [-0.4, -0.2) is 56.1 Å². The number of quaternary nitrogens is 2. The van der Waals surface area contributed by atoms with Gasteiger partial charge in [-0.15, -0.1) is 0 Å². The molecule has 2 fully saturated rings. The van der Waals surface area contributed by atoms with Gasteiger partial charge in [-0.3, -0.25) is 4.79 Å². The molecule has 1 aromatic rings. The molecule has 1 amide bonds. The van der Waals surface area contributed by atoms with E-state index in [-0.39, 0.29) is 0 Å². The number of carbonyl (C=O) groups excluding carboxylic acids is 1. The zero-order chi connectivity index (χ0) is 17.6. The largest absolute Gasteiger partial charge is 0.342 e. The van der Waals surface area contributed by atoms with E-state index in [9.17, 15) is 4.79 Å². The van der Waals surface area contributed by atoms with Gasteiger partial charge in [-0.1, -0.05) is 44.2 Å². The summed E-state index contributed by atoms with van der Waals surface area (Å²) in [6.07, 6.45) is 3.08. The van der Waals surface area contributed by atoms with Crippen LogP contribution >= 0.6 is 0 Å². The van der Waals surface area contributed by atoms with Crippen molar-refractivity contribution in [3.8, 4) is 0 Å². The summed E-state index contributed by atoms with van der Waals surface area (Å²) in [5.41, 5.74) is 1.46. The molecule has 0 unspecified atom stereocenters. The first-order chi connectivity index (χ1) is 12.1. The lowest BCUT2D eigenvalue weighted by atomic mass is 10.0. The normalized spacial score (nSPS) is 25.3. The van der Waals surface area contributed by atoms with Crippen molar-refractivity contribution in [2.45, 2.75) is 45.7 Å². The Balaban J connectivity index is 1.40. The third-order valence-electron chi connectivity index (χ3n) is 5.90. The van der Waals surface area contributed by atoms with Crippen LogP contribution < -0.4 is 9.80 Å². The molecule has 25 heavy (non-hydrogen) atoms. The SMILES string of the molecule is CC(C)CC(=O)N1CCC([NH+]2CC[NH+](Cc3ccccc3)CC2)CC1. The Bertz CT molecular complexity index is 529. The van der Waals surface area contributed by atoms with Crippen LogP contribution in [-0.2, 0) is 11.3 Å². The molecule has 0 spiro atoms. The maximum absolute atomic E-state index is 12.2. The van der Waals surface area contributed by atoms with Crippen LogP contribution in [0.25, 0.3) is 0 Å². The third kappa shape index (κ3) is 5.29. The highest BCUT2D eigenvalue weighted by Gasteiger charge is 2.33. The van der Waals surface area contributed by atoms with Crippen LogP contribution in [0.1, 0.15) is 38.7 Å². The zero-order valence-electron chi connectivity index (χ0n) is 16.0. The summed E-state index contributed by atoms with van der Waals surface area (Å²) < 4.78 is 0. The van der Waals surface area contributed by atoms with Crippen molar-refractivity contribution in [2.75, 3.05) is 39.3 Å². The number of likely N-dealkylation sites (tertiary alicyclic amines) is 1. The summed E-state index contributed by atoms with van der Waals surface area (Å²) in [5, 5.41) is 0. The van der Waals surface area contributed by atoms with Gasteiger partial charge in [0.25, 0.3) is 0 Å². The predicted molar refractivity (Wildman–Crippen MR) is 101 cm³/mol. The Kier molecular flexibility index (Phi) is 6.49. The second-order valence-electron chi connectivity index (χ2n) is 8.32. The Hall–Kier alpha value is -1.39. The number of hydrogen-bond acceptors (Lipinski definition) is 1. The van der Waals surface area contributed by atoms with Gasteiger partial charge >= 0.3 is 0 Å². The van der Waals surface area contributed by atoms with Crippen molar-refractivity contribution in [1.82, 2.24) is 4.90 Å². The van der Waals surface area contributed by atoms with E-state index in [1.807, 2.05) is 0 Å². The first-order valence-corrected chi connectivity index (χ1v) is 10.1. The fourth-order valence-corrected chi connectivity index (χ4v) is 4.41. The maximum Gasteiger partial charge on any atom is 0.222 e. The minimum Gasteiger partial charge on any atom is -0.342 e. The Morgan fingerprint density at radius 2 is 1.72 bits per heavy atom. The van der Waals surface area contributed by atoms with Gasteiger partial charge in [-0.25, -0.2) is 0 Å². The van der Waals surface area contributed by atoms with Crippen molar-refractivity contribution in [3.63, 3.8) is 0 Å². The number of amides is 1. The number of hydrogen-bond donors (Lipinski definition) is 2. The van der Waals surface area contributed by atoms with Gasteiger partial charge in [0.05, 0.1) is 6.04 Å². The Morgan fingerprint density at radius 1 is 1.08 bits per heavy atom. The van der Waals surface area contributed by atoms with Crippen LogP contribution in [0.5, 0.6) is 0 Å². The molecule has 0 aliphatic carbocycles. The van der Waals surface area contributed by atoms with Crippen molar-refractivity contribution < 1.29 is 14.6 Å². The van der Waals surface area contributed by atoms with Crippen LogP contribution in [0.4, 0.5) is 0 Å². The van der Waals surface area contributed by atoms with Crippen molar-refractivity contribution >= 4 is 5.91 Å². The Labute approximate surface area is 152 Å². The minimum atomic E-state index is 0.362. The zero-order valence-corrected chi connectivity index (χ0v) is 16.0. The molecule has 0 radical (unpaired) electrons. The molecule has 2 aliphatic rings. The van der Waals surface area contributed by atoms with Crippen LogP contribution in [0.3, 0.4) is 0 Å². The molecule has 2 saturated heterocycles. The highest BCUT2D eigenvalue weighted by molar-refractivity contribution is 5.76. The average molecular weight is 346 g/mol. The van der Waals surface area contributed by atoms with Crippen LogP contribution in [0.2, 0.25) is 0 Å². The van der Waals surface area contributed by atoms with Gasteiger partial charge in [0, 0.05) is 37.9 Å². The number of carbonyl (C=O) groups is 1. The summed E-state index contributed by atoms with van der Waals surface area (Å²) >= 11 is 0. The standard InChI is InChI=1S/C21H33N3O/c1-18(2)16-21(25)24-10-8-20(9-11-24)23-14-12-22(13-15-23)17-19-6-4-3-5-7-19/h3-7,18,20H,8-17H2,1-2H3/p+2. The monoisotopic (exact) mass is 345 g/mol. The minimum absolute atomic E-state index is 0.362. The van der Waals surface area contributed by atoms with Gasteiger partial charge in [0.2, 0.25) is 5.91 Å². The highest BCUT2D eigenvalue weighted by atomic mass is 16.2. The summed E-state index contributed by atoms with van der Waals surface area (Å²) in [6, 6.07) is 11.6. The molecule has 4 heteroatoms. The van der Waals surface area contributed by atoms with E-state index < -0.39 is 0 Å². The van der Waals surface area contributed by atoms with Gasteiger partial charge in [0.15, 0.2) is 0 Å². The molecule has 3 rings (SSSR count). The molecule has 0 atom stereocenters. The second kappa shape index (κ2) is 8.81. The maximum atomic E-state index is 12.2. The number of benzene rings is 1. The molecule has 2 heterocycles. The number of nitrogens with zero attached hydrogens (tertiary/aromatic N) is 1. The first-order valence-electron chi connectivity index (χ1n) is 10.1. The van der Waals surface area contributed by atoms with E-state index in [1.165, 1.54) is 44.6 Å². The predicted octanol–water partition coefficient (Wildman–Crippen LogP) is 0.00710. The van der Waals surface area contributed by atoms with E-state index >= 15 is 0 Å². The van der Waals surface area contributed by atoms with Crippen molar-refractivity contribution in [3.05, 3.63) is 35.9 Å². The molecule has 2 N–H and O–H groups in total.